The minimum absolute atomic E-state index is 0.156. The fourth-order valence-corrected chi connectivity index (χ4v) is 4.31. The van der Waals surface area contributed by atoms with E-state index in [0.29, 0.717) is 37.6 Å². The lowest BCUT2D eigenvalue weighted by molar-refractivity contribution is 0.206. The van der Waals surface area contributed by atoms with Crippen molar-refractivity contribution in [2.45, 2.75) is 26.8 Å². The van der Waals surface area contributed by atoms with Crippen LogP contribution in [0, 0.1) is 6.92 Å². The summed E-state index contributed by atoms with van der Waals surface area (Å²) in [6.07, 6.45) is 4.17. The van der Waals surface area contributed by atoms with Gasteiger partial charge < -0.3 is 15.0 Å². The SMILES string of the molecule is CCOc1cccc(NC(=O)N2CCc3nc(-c4cccnc4)nc(-c4ccccc4C)c3C2)c1. The number of pyridine rings is 1. The van der Waals surface area contributed by atoms with Gasteiger partial charge in [-0.15, -0.1) is 0 Å². The van der Waals surface area contributed by atoms with Gasteiger partial charge in [0.2, 0.25) is 0 Å². The van der Waals surface area contributed by atoms with Crippen LogP contribution in [0.3, 0.4) is 0 Å². The number of amides is 2. The van der Waals surface area contributed by atoms with E-state index in [2.05, 4.69) is 29.4 Å². The van der Waals surface area contributed by atoms with Crippen LogP contribution in [0.4, 0.5) is 10.5 Å². The van der Waals surface area contributed by atoms with E-state index in [0.717, 1.165) is 39.4 Å². The van der Waals surface area contributed by atoms with Gasteiger partial charge in [0.25, 0.3) is 0 Å². The molecule has 1 aliphatic rings. The average Bonchev–Trinajstić information content (AvgIpc) is 2.89. The molecule has 0 unspecified atom stereocenters. The lowest BCUT2D eigenvalue weighted by atomic mass is 9.96. The summed E-state index contributed by atoms with van der Waals surface area (Å²) < 4.78 is 5.56. The summed E-state index contributed by atoms with van der Waals surface area (Å²) in [6, 6.07) is 19.3. The average molecular weight is 466 g/mol. The van der Waals surface area contributed by atoms with Gasteiger partial charge in [0.15, 0.2) is 5.82 Å². The Morgan fingerprint density at radius 3 is 2.77 bits per heavy atom. The zero-order valence-corrected chi connectivity index (χ0v) is 19.9. The molecule has 176 valence electrons. The summed E-state index contributed by atoms with van der Waals surface area (Å²) >= 11 is 0. The Balaban J connectivity index is 1.48. The third kappa shape index (κ3) is 4.84. The lowest BCUT2D eigenvalue weighted by Gasteiger charge is -2.30. The van der Waals surface area contributed by atoms with E-state index in [1.165, 1.54) is 0 Å². The zero-order valence-electron chi connectivity index (χ0n) is 19.9. The smallest absolute Gasteiger partial charge is 0.322 e. The van der Waals surface area contributed by atoms with Crippen LogP contribution in [0.25, 0.3) is 22.6 Å². The van der Waals surface area contributed by atoms with Crippen LogP contribution in [0.5, 0.6) is 5.75 Å². The van der Waals surface area contributed by atoms with Crippen molar-refractivity contribution in [2.24, 2.45) is 0 Å². The number of aryl methyl sites for hydroxylation is 1. The summed E-state index contributed by atoms with van der Waals surface area (Å²) in [7, 11) is 0. The normalized spacial score (nSPS) is 12.7. The Morgan fingerprint density at radius 1 is 1.09 bits per heavy atom. The number of nitrogens with zero attached hydrogens (tertiary/aromatic N) is 4. The van der Waals surface area contributed by atoms with Crippen molar-refractivity contribution >= 4 is 11.7 Å². The molecular weight excluding hydrogens is 438 g/mol. The van der Waals surface area contributed by atoms with Gasteiger partial charge in [0.1, 0.15) is 5.75 Å². The monoisotopic (exact) mass is 465 g/mol. The van der Waals surface area contributed by atoms with Crippen molar-refractivity contribution in [2.75, 3.05) is 18.5 Å². The van der Waals surface area contributed by atoms with Gasteiger partial charge >= 0.3 is 6.03 Å². The standard InChI is InChI=1S/C28H27N5O2/c1-3-35-22-11-6-10-21(16-22)30-28(34)33-15-13-25-24(18-33)26(23-12-5-4-8-19(23)2)32-27(31-25)20-9-7-14-29-17-20/h4-12,14,16-17H,3,13,15,18H2,1-2H3,(H,30,34). The Morgan fingerprint density at radius 2 is 1.97 bits per heavy atom. The first-order valence-electron chi connectivity index (χ1n) is 11.8. The minimum Gasteiger partial charge on any atom is -0.494 e. The molecule has 0 aliphatic carbocycles. The number of rotatable bonds is 5. The van der Waals surface area contributed by atoms with E-state index >= 15 is 0 Å². The van der Waals surface area contributed by atoms with Crippen molar-refractivity contribution in [3.63, 3.8) is 0 Å². The van der Waals surface area contributed by atoms with Crippen molar-refractivity contribution in [3.05, 3.63) is 89.9 Å². The maximum Gasteiger partial charge on any atom is 0.322 e. The highest BCUT2D eigenvalue weighted by Crippen LogP contribution is 2.32. The third-order valence-electron chi connectivity index (χ3n) is 6.06. The number of hydrogen-bond acceptors (Lipinski definition) is 5. The predicted molar refractivity (Wildman–Crippen MR) is 136 cm³/mol. The van der Waals surface area contributed by atoms with Gasteiger partial charge in [-0.1, -0.05) is 30.3 Å². The van der Waals surface area contributed by atoms with Gasteiger partial charge in [-0.25, -0.2) is 14.8 Å². The minimum atomic E-state index is -0.156. The van der Waals surface area contributed by atoms with Crippen LogP contribution < -0.4 is 10.1 Å². The van der Waals surface area contributed by atoms with Crippen LogP contribution in [0.2, 0.25) is 0 Å². The number of carbonyl (C=O) groups is 1. The van der Waals surface area contributed by atoms with Crippen LogP contribution in [-0.4, -0.2) is 39.0 Å². The highest BCUT2D eigenvalue weighted by atomic mass is 16.5. The van der Waals surface area contributed by atoms with Crippen molar-refractivity contribution in [1.29, 1.82) is 0 Å². The molecule has 0 saturated heterocycles. The Hall–Kier alpha value is -4.26. The first-order chi connectivity index (χ1) is 17.1. The summed E-state index contributed by atoms with van der Waals surface area (Å²) in [5.41, 5.74) is 6.56. The summed E-state index contributed by atoms with van der Waals surface area (Å²) in [4.78, 5) is 29.1. The number of urea groups is 1. The molecule has 0 saturated carbocycles. The van der Waals surface area contributed by atoms with Gasteiger partial charge in [-0.2, -0.15) is 0 Å². The number of fused-ring (bicyclic) bond motifs is 1. The largest absolute Gasteiger partial charge is 0.494 e. The fraction of sp³-hybridized carbons (Fsp3) is 0.214. The maximum atomic E-state index is 13.2. The third-order valence-corrected chi connectivity index (χ3v) is 6.06. The molecule has 4 aromatic rings. The Kier molecular flexibility index (Phi) is 6.39. The molecule has 2 amide bonds. The molecule has 1 aliphatic heterocycles. The van der Waals surface area contributed by atoms with Crippen LogP contribution in [0.1, 0.15) is 23.7 Å². The molecule has 2 aromatic heterocycles. The molecule has 7 nitrogen and oxygen atoms in total. The van der Waals surface area contributed by atoms with Crippen molar-refractivity contribution < 1.29 is 9.53 Å². The highest BCUT2D eigenvalue weighted by molar-refractivity contribution is 5.90. The molecule has 7 heteroatoms. The molecule has 0 radical (unpaired) electrons. The van der Waals surface area contributed by atoms with Gasteiger partial charge in [-0.3, -0.25) is 4.98 Å². The Labute approximate surface area is 204 Å². The molecular formula is C28H27N5O2. The molecule has 3 heterocycles. The van der Waals surface area contributed by atoms with Crippen LogP contribution in [0.15, 0.2) is 73.1 Å². The predicted octanol–water partition coefficient (Wildman–Crippen LogP) is 5.50. The summed E-state index contributed by atoms with van der Waals surface area (Å²) in [6.45, 7) is 5.59. The van der Waals surface area contributed by atoms with E-state index < -0.39 is 0 Å². The molecule has 0 fully saturated rings. The van der Waals surface area contributed by atoms with E-state index in [9.17, 15) is 4.79 Å². The first kappa shape index (κ1) is 22.5. The molecule has 2 aromatic carbocycles. The van der Waals surface area contributed by atoms with Gasteiger partial charge in [0.05, 0.1) is 24.5 Å². The van der Waals surface area contributed by atoms with E-state index in [4.69, 9.17) is 14.7 Å². The van der Waals surface area contributed by atoms with Crippen molar-refractivity contribution in [3.8, 4) is 28.4 Å². The lowest BCUT2D eigenvalue weighted by Crippen LogP contribution is -2.39. The number of ether oxygens (including phenoxy) is 1. The summed E-state index contributed by atoms with van der Waals surface area (Å²) in [5, 5.41) is 3.01. The van der Waals surface area contributed by atoms with Crippen LogP contribution in [-0.2, 0) is 13.0 Å². The molecule has 0 atom stereocenters. The number of aromatic nitrogens is 3. The highest BCUT2D eigenvalue weighted by Gasteiger charge is 2.27. The number of anilines is 1. The first-order valence-corrected chi connectivity index (χ1v) is 11.8. The number of benzene rings is 2. The Bertz CT molecular complexity index is 1360. The fourth-order valence-electron chi connectivity index (χ4n) is 4.31. The zero-order chi connectivity index (χ0) is 24.2. The van der Waals surface area contributed by atoms with E-state index in [1.807, 2.05) is 60.4 Å². The molecule has 0 bridgehead atoms. The second-order valence-electron chi connectivity index (χ2n) is 8.44. The molecule has 0 spiro atoms. The quantitative estimate of drug-likeness (QED) is 0.421. The van der Waals surface area contributed by atoms with Gasteiger partial charge in [-0.05, 0) is 43.7 Å². The molecule has 5 rings (SSSR count). The van der Waals surface area contributed by atoms with Crippen LogP contribution >= 0.6 is 0 Å². The summed E-state index contributed by atoms with van der Waals surface area (Å²) in [5.74, 6) is 1.38. The topological polar surface area (TPSA) is 80.2 Å². The van der Waals surface area contributed by atoms with Crippen molar-refractivity contribution in [1.82, 2.24) is 19.9 Å². The molecule has 1 N–H and O–H groups in total. The van der Waals surface area contributed by atoms with Gasteiger partial charge in [0, 0.05) is 53.8 Å². The van der Waals surface area contributed by atoms with E-state index in [-0.39, 0.29) is 6.03 Å². The number of hydrogen-bond donors (Lipinski definition) is 1. The second-order valence-corrected chi connectivity index (χ2v) is 8.44. The maximum absolute atomic E-state index is 13.2. The number of carbonyl (C=O) groups excluding carboxylic acids is 1. The second kappa shape index (κ2) is 9.93. The number of nitrogens with one attached hydrogen (secondary N) is 1. The molecule has 35 heavy (non-hydrogen) atoms. The van der Waals surface area contributed by atoms with E-state index in [1.54, 1.807) is 12.4 Å².